The topological polar surface area (TPSA) is 101 Å². The van der Waals surface area contributed by atoms with Gasteiger partial charge in [0.05, 0.1) is 22.4 Å². The summed E-state index contributed by atoms with van der Waals surface area (Å²) in [5.41, 5.74) is 2.51. The van der Waals surface area contributed by atoms with Crippen LogP contribution >= 0.6 is 0 Å². The van der Waals surface area contributed by atoms with Crippen molar-refractivity contribution in [1.82, 2.24) is 4.90 Å². The average Bonchev–Trinajstić information content (AvgIpc) is 3.29. The predicted molar refractivity (Wildman–Crippen MR) is 110 cm³/mol. The van der Waals surface area contributed by atoms with Gasteiger partial charge < -0.3 is 4.74 Å². The van der Waals surface area contributed by atoms with Crippen molar-refractivity contribution in [1.29, 1.82) is 0 Å². The zero-order valence-electron chi connectivity index (χ0n) is 17.1. The number of carbonyl (C=O) groups is 5. The number of amides is 4. The van der Waals surface area contributed by atoms with Crippen LogP contribution in [-0.2, 0) is 14.3 Å². The number of hydrogen-bond donors (Lipinski definition) is 0. The first-order valence-corrected chi connectivity index (χ1v) is 9.88. The first kappa shape index (κ1) is 20.5. The molecule has 4 amide bonds. The largest absolute Gasteiger partial charge is 0.452 e. The van der Waals surface area contributed by atoms with Gasteiger partial charge in [-0.3, -0.25) is 24.1 Å². The van der Waals surface area contributed by atoms with E-state index in [0.717, 1.165) is 20.9 Å². The number of nitrogens with zero attached hydrogens (tertiary/aromatic N) is 2. The molecule has 0 unspecified atom stereocenters. The minimum absolute atomic E-state index is 0.0447. The minimum atomic E-state index is -0.812. The maximum Gasteiger partial charge on any atom is 0.338 e. The summed E-state index contributed by atoms with van der Waals surface area (Å²) in [7, 11) is 0. The Kier molecular flexibility index (Phi) is 5.14. The third kappa shape index (κ3) is 3.61. The molecule has 31 heavy (non-hydrogen) atoms. The number of imide groups is 2. The van der Waals surface area contributed by atoms with Crippen LogP contribution in [0.5, 0.6) is 0 Å². The van der Waals surface area contributed by atoms with Crippen LogP contribution < -0.4 is 4.90 Å². The number of aryl methyl sites for hydroxylation is 2. The highest BCUT2D eigenvalue weighted by atomic mass is 16.5. The van der Waals surface area contributed by atoms with Gasteiger partial charge >= 0.3 is 5.97 Å². The summed E-state index contributed by atoms with van der Waals surface area (Å²) in [6.45, 7) is 3.43. The predicted octanol–water partition coefficient (Wildman–Crippen LogP) is 2.41. The second-order valence-corrected chi connectivity index (χ2v) is 7.61. The van der Waals surface area contributed by atoms with Gasteiger partial charge in [-0.1, -0.05) is 12.1 Å². The zero-order valence-corrected chi connectivity index (χ0v) is 17.1. The summed E-state index contributed by atoms with van der Waals surface area (Å²) in [5, 5.41) is 0. The Morgan fingerprint density at radius 2 is 1.71 bits per heavy atom. The number of esters is 1. The van der Waals surface area contributed by atoms with Crippen LogP contribution in [0.15, 0.2) is 36.4 Å². The lowest BCUT2D eigenvalue weighted by atomic mass is 10.1. The molecule has 0 spiro atoms. The summed E-state index contributed by atoms with van der Waals surface area (Å²) in [5.74, 6) is -2.66. The second kappa shape index (κ2) is 7.79. The Hall–Kier alpha value is -3.81. The fraction of sp³-hybridized carbons (Fsp3) is 0.261. The van der Waals surface area contributed by atoms with E-state index in [1.165, 1.54) is 18.2 Å². The first-order valence-electron chi connectivity index (χ1n) is 9.88. The Balaban J connectivity index is 1.53. The summed E-state index contributed by atoms with van der Waals surface area (Å²) in [6.07, 6.45) is 0.897. The van der Waals surface area contributed by atoms with Crippen molar-refractivity contribution in [3.05, 3.63) is 64.2 Å². The van der Waals surface area contributed by atoms with Gasteiger partial charge in [-0.05, 0) is 55.7 Å². The van der Waals surface area contributed by atoms with E-state index in [1.807, 2.05) is 26.0 Å². The standard InChI is InChI=1S/C23H20N2O6/c1-13-5-6-14(2)18(10-13)25-21(28)16-8-7-15(11-17(16)22(25)29)23(30)31-12-20(27)24-9-3-4-19(24)26/h5-8,10-11H,3-4,9,12H2,1-2H3. The molecule has 2 heterocycles. The number of rotatable bonds is 4. The zero-order chi connectivity index (χ0) is 22.3. The molecule has 0 aliphatic carbocycles. The van der Waals surface area contributed by atoms with Gasteiger partial charge in [0, 0.05) is 13.0 Å². The van der Waals surface area contributed by atoms with Gasteiger partial charge in [0.25, 0.3) is 17.7 Å². The molecule has 2 aliphatic rings. The molecule has 2 aromatic rings. The van der Waals surface area contributed by atoms with Crippen molar-refractivity contribution in [3.63, 3.8) is 0 Å². The van der Waals surface area contributed by atoms with Crippen LogP contribution in [0, 0.1) is 13.8 Å². The van der Waals surface area contributed by atoms with Gasteiger partial charge in [-0.2, -0.15) is 0 Å². The molecule has 2 aromatic carbocycles. The van der Waals surface area contributed by atoms with Crippen LogP contribution in [0.1, 0.15) is 55.0 Å². The monoisotopic (exact) mass is 420 g/mol. The Morgan fingerprint density at radius 1 is 0.968 bits per heavy atom. The lowest BCUT2D eigenvalue weighted by molar-refractivity contribution is -0.143. The molecule has 0 atom stereocenters. The molecule has 4 rings (SSSR count). The molecule has 2 aliphatic heterocycles. The molecule has 1 fully saturated rings. The Labute approximate surface area is 178 Å². The molecule has 8 heteroatoms. The molecule has 0 radical (unpaired) electrons. The van der Waals surface area contributed by atoms with E-state index in [4.69, 9.17) is 4.74 Å². The summed E-state index contributed by atoms with van der Waals surface area (Å²) < 4.78 is 5.03. The molecule has 0 bridgehead atoms. The van der Waals surface area contributed by atoms with E-state index in [9.17, 15) is 24.0 Å². The Morgan fingerprint density at radius 3 is 2.42 bits per heavy atom. The fourth-order valence-electron chi connectivity index (χ4n) is 3.75. The highest BCUT2D eigenvalue weighted by Crippen LogP contribution is 2.31. The number of anilines is 1. The molecule has 158 valence electrons. The molecule has 8 nitrogen and oxygen atoms in total. The van der Waals surface area contributed by atoms with Crippen molar-refractivity contribution in [2.45, 2.75) is 26.7 Å². The molecular weight excluding hydrogens is 400 g/mol. The van der Waals surface area contributed by atoms with Gasteiger partial charge in [0.15, 0.2) is 6.61 Å². The lowest BCUT2D eigenvalue weighted by Crippen LogP contribution is -2.35. The van der Waals surface area contributed by atoms with Crippen LogP contribution in [0.25, 0.3) is 0 Å². The first-order chi connectivity index (χ1) is 14.8. The number of carbonyl (C=O) groups excluding carboxylic acids is 5. The molecular formula is C23H20N2O6. The van der Waals surface area contributed by atoms with Crippen molar-refractivity contribution < 1.29 is 28.7 Å². The van der Waals surface area contributed by atoms with Crippen molar-refractivity contribution >= 4 is 35.3 Å². The van der Waals surface area contributed by atoms with Gasteiger partial charge in [0.1, 0.15) is 0 Å². The number of hydrogen-bond acceptors (Lipinski definition) is 6. The smallest absolute Gasteiger partial charge is 0.338 e. The Bertz CT molecular complexity index is 1150. The van der Waals surface area contributed by atoms with E-state index in [2.05, 4.69) is 0 Å². The van der Waals surface area contributed by atoms with Crippen LogP contribution in [0.2, 0.25) is 0 Å². The summed E-state index contributed by atoms with van der Waals surface area (Å²) in [4.78, 5) is 64.1. The van der Waals surface area contributed by atoms with Crippen molar-refractivity contribution in [2.24, 2.45) is 0 Å². The van der Waals surface area contributed by atoms with E-state index >= 15 is 0 Å². The second-order valence-electron chi connectivity index (χ2n) is 7.61. The van der Waals surface area contributed by atoms with Gasteiger partial charge in [-0.25, -0.2) is 9.69 Å². The van der Waals surface area contributed by atoms with Gasteiger partial charge in [-0.15, -0.1) is 0 Å². The number of benzene rings is 2. The highest BCUT2D eigenvalue weighted by molar-refractivity contribution is 6.35. The third-order valence-electron chi connectivity index (χ3n) is 5.43. The fourth-order valence-corrected chi connectivity index (χ4v) is 3.75. The third-order valence-corrected chi connectivity index (χ3v) is 5.43. The molecule has 0 N–H and O–H groups in total. The summed E-state index contributed by atoms with van der Waals surface area (Å²) >= 11 is 0. The van der Waals surface area contributed by atoms with Crippen molar-refractivity contribution in [3.8, 4) is 0 Å². The highest BCUT2D eigenvalue weighted by Gasteiger charge is 2.38. The molecule has 0 aromatic heterocycles. The molecule has 0 saturated carbocycles. The minimum Gasteiger partial charge on any atom is -0.452 e. The van der Waals surface area contributed by atoms with E-state index in [1.54, 1.807) is 6.07 Å². The molecule has 1 saturated heterocycles. The number of ether oxygens (including phenoxy) is 1. The van der Waals surface area contributed by atoms with Crippen LogP contribution in [0.4, 0.5) is 5.69 Å². The number of likely N-dealkylation sites (tertiary alicyclic amines) is 1. The maximum absolute atomic E-state index is 13.0. The van der Waals surface area contributed by atoms with Crippen LogP contribution in [0.3, 0.4) is 0 Å². The lowest BCUT2D eigenvalue weighted by Gasteiger charge is -2.17. The maximum atomic E-state index is 13.0. The SMILES string of the molecule is Cc1ccc(C)c(N2C(=O)c3ccc(C(=O)OCC(=O)N4CCCC4=O)cc3C2=O)c1. The summed E-state index contributed by atoms with van der Waals surface area (Å²) in [6, 6.07) is 9.57. The van der Waals surface area contributed by atoms with E-state index < -0.39 is 30.3 Å². The van der Waals surface area contributed by atoms with E-state index in [-0.39, 0.29) is 22.6 Å². The van der Waals surface area contributed by atoms with Crippen molar-refractivity contribution in [2.75, 3.05) is 18.1 Å². The van der Waals surface area contributed by atoms with Gasteiger partial charge in [0.2, 0.25) is 5.91 Å². The van der Waals surface area contributed by atoms with E-state index in [0.29, 0.717) is 25.1 Å². The number of fused-ring (bicyclic) bond motifs is 1. The van der Waals surface area contributed by atoms with Crippen LogP contribution in [-0.4, -0.2) is 47.6 Å². The average molecular weight is 420 g/mol. The quantitative estimate of drug-likeness (QED) is 0.556. The normalized spacial score (nSPS) is 15.5.